The Labute approximate surface area is 125 Å². The Bertz CT molecular complexity index is 799. The molecule has 0 fully saturated rings. The standard InChI is InChI=1S/C12H10ClN3O2S2/c1-16(7-8-6-14-12(13)19-8)11-9-4-2-3-5-10(9)20(17,18)15-11/h2-6H,7H2,1H3. The van der Waals surface area contributed by atoms with E-state index in [0.717, 1.165) is 4.88 Å². The summed E-state index contributed by atoms with van der Waals surface area (Å²) in [5.41, 5.74) is 0.630. The number of rotatable bonds is 2. The largest absolute Gasteiger partial charge is 0.353 e. The minimum atomic E-state index is -3.58. The Morgan fingerprint density at radius 1 is 1.35 bits per heavy atom. The molecule has 0 aliphatic carbocycles. The van der Waals surface area contributed by atoms with Crippen molar-refractivity contribution in [3.63, 3.8) is 0 Å². The fraction of sp³-hybridized carbons (Fsp3) is 0.167. The smallest absolute Gasteiger partial charge is 0.285 e. The summed E-state index contributed by atoms with van der Waals surface area (Å²) in [5, 5.41) is 0. The molecular formula is C12H10ClN3O2S2. The van der Waals surface area contributed by atoms with E-state index in [1.807, 2.05) is 0 Å². The Balaban J connectivity index is 1.95. The number of thiazole rings is 1. The highest BCUT2D eigenvalue weighted by Crippen LogP contribution is 2.28. The molecule has 1 aliphatic heterocycles. The van der Waals surface area contributed by atoms with Gasteiger partial charge in [-0.1, -0.05) is 23.7 Å². The topological polar surface area (TPSA) is 62.6 Å². The van der Waals surface area contributed by atoms with Gasteiger partial charge >= 0.3 is 0 Å². The zero-order chi connectivity index (χ0) is 14.3. The number of aromatic nitrogens is 1. The Morgan fingerprint density at radius 2 is 2.10 bits per heavy atom. The molecule has 0 amide bonds. The second kappa shape index (κ2) is 4.83. The molecule has 0 saturated heterocycles. The van der Waals surface area contributed by atoms with Crippen LogP contribution in [0.15, 0.2) is 39.8 Å². The third-order valence-corrected chi connectivity index (χ3v) is 5.32. The van der Waals surface area contributed by atoms with Crippen LogP contribution in [0.2, 0.25) is 4.47 Å². The highest BCUT2D eigenvalue weighted by atomic mass is 35.5. The first-order chi connectivity index (χ1) is 9.47. The van der Waals surface area contributed by atoms with Crippen LogP contribution in [0.4, 0.5) is 0 Å². The van der Waals surface area contributed by atoms with Crippen molar-refractivity contribution in [3.05, 3.63) is 45.4 Å². The number of hydrogen-bond donors (Lipinski definition) is 0. The van der Waals surface area contributed by atoms with E-state index >= 15 is 0 Å². The molecule has 0 radical (unpaired) electrons. The zero-order valence-electron chi connectivity index (χ0n) is 10.4. The molecule has 3 rings (SSSR count). The molecule has 8 heteroatoms. The number of nitrogens with zero attached hydrogens (tertiary/aromatic N) is 3. The average molecular weight is 328 g/mol. The van der Waals surface area contributed by atoms with Crippen LogP contribution in [-0.4, -0.2) is 31.2 Å². The van der Waals surface area contributed by atoms with E-state index in [1.165, 1.54) is 11.3 Å². The minimum Gasteiger partial charge on any atom is -0.353 e. The molecule has 5 nitrogen and oxygen atoms in total. The molecule has 1 aromatic heterocycles. The van der Waals surface area contributed by atoms with E-state index < -0.39 is 10.0 Å². The molecule has 1 aromatic carbocycles. The van der Waals surface area contributed by atoms with Gasteiger partial charge in [-0.2, -0.15) is 8.42 Å². The summed E-state index contributed by atoms with van der Waals surface area (Å²) in [7, 11) is -1.78. The predicted molar refractivity (Wildman–Crippen MR) is 78.8 cm³/mol. The number of halogens is 1. The van der Waals surface area contributed by atoms with Gasteiger partial charge in [0.1, 0.15) is 4.90 Å². The van der Waals surface area contributed by atoms with Crippen molar-refractivity contribution < 1.29 is 8.42 Å². The molecule has 0 atom stereocenters. The van der Waals surface area contributed by atoms with Crippen LogP contribution >= 0.6 is 22.9 Å². The summed E-state index contributed by atoms with van der Waals surface area (Å²) >= 11 is 7.16. The molecule has 0 saturated carbocycles. The lowest BCUT2D eigenvalue weighted by atomic mass is 10.2. The summed E-state index contributed by atoms with van der Waals surface area (Å²) in [5.74, 6) is 0.449. The lowest BCUT2D eigenvalue weighted by Crippen LogP contribution is -2.25. The number of hydrogen-bond acceptors (Lipinski definition) is 5. The van der Waals surface area contributed by atoms with Gasteiger partial charge in [-0.05, 0) is 12.1 Å². The van der Waals surface area contributed by atoms with Crippen LogP contribution in [0.5, 0.6) is 0 Å². The highest BCUT2D eigenvalue weighted by molar-refractivity contribution is 7.90. The maximum atomic E-state index is 12.0. The van der Waals surface area contributed by atoms with Gasteiger partial charge in [0.05, 0.1) is 6.54 Å². The summed E-state index contributed by atoms with van der Waals surface area (Å²) in [6.07, 6.45) is 1.68. The van der Waals surface area contributed by atoms with E-state index in [4.69, 9.17) is 11.6 Å². The molecule has 2 heterocycles. The molecule has 0 spiro atoms. The fourth-order valence-corrected chi connectivity index (χ4v) is 4.31. The Kier molecular flexibility index (Phi) is 3.27. The van der Waals surface area contributed by atoms with Gasteiger partial charge in [0.2, 0.25) is 0 Å². The van der Waals surface area contributed by atoms with Gasteiger partial charge in [-0.15, -0.1) is 15.7 Å². The van der Waals surface area contributed by atoms with Crippen molar-refractivity contribution in [1.29, 1.82) is 0 Å². The van der Waals surface area contributed by atoms with Crippen LogP contribution < -0.4 is 0 Å². The monoisotopic (exact) mass is 327 g/mol. The quantitative estimate of drug-likeness (QED) is 0.849. The fourth-order valence-electron chi connectivity index (χ4n) is 2.03. The molecule has 1 aliphatic rings. The summed E-state index contributed by atoms with van der Waals surface area (Å²) in [6, 6.07) is 6.82. The Hall–Kier alpha value is -1.44. The zero-order valence-corrected chi connectivity index (χ0v) is 12.8. The SMILES string of the molecule is CN(Cc1cnc(Cl)s1)C1=NS(=O)(=O)c2ccccc21. The first-order valence-electron chi connectivity index (χ1n) is 5.73. The van der Waals surface area contributed by atoms with E-state index in [1.54, 1.807) is 42.4 Å². The molecule has 20 heavy (non-hydrogen) atoms. The summed E-state index contributed by atoms with van der Waals surface area (Å²) in [6.45, 7) is 0.507. The van der Waals surface area contributed by atoms with Gasteiger partial charge in [0.15, 0.2) is 10.3 Å². The van der Waals surface area contributed by atoms with Crippen molar-refractivity contribution in [2.24, 2.45) is 4.40 Å². The third kappa shape index (κ3) is 2.32. The molecular weight excluding hydrogens is 318 g/mol. The van der Waals surface area contributed by atoms with Gasteiger partial charge in [0.25, 0.3) is 10.0 Å². The summed E-state index contributed by atoms with van der Waals surface area (Å²) < 4.78 is 28.3. The predicted octanol–water partition coefficient (Wildman–Crippen LogP) is 2.38. The first-order valence-corrected chi connectivity index (χ1v) is 8.36. The van der Waals surface area contributed by atoms with Crippen LogP contribution in [0, 0.1) is 0 Å². The van der Waals surface area contributed by atoms with Crippen LogP contribution in [0.1, 0.15) is 10.4 Å². The van der Waals surface area contributed by atoms with Crippen molar-refractivity contribution >= 4 is 38.8 Å². The van der Waals surface area contributed by atoms with Gasteiger partial charge < -0.3 is 4.90 Å². The summed E-state index contributed by atoms with van der Waals surface area (Å²) in [4.78, 5) is 6.95. The highest BCUT2D eigenvalue weighted by Gasteiger charge is 2.30. The second-order valence-corrected chi connectivity index (χ2v) is 7.59. The minimum absolute atomic E-state index is 0.254. The number of fused-ring (bicyclic) bond motifs is 1. The van der Waals surface area contributed by atoms with Crippen LogP contribution in [0.3, 0.4) is 0 Å². The van der Waals surface area contributed by atoms with E-state index in [9.17, 15) is 8.42 Å². The van der Waals surface area contributed by atoms with E-state index in [-0.39, 0.29) is 4.90 Å². The lowest BCUT2D eigenvalue weighted by molar-refractivity contribution is 0.507. The first kappa shape index (κ1) is 13.5. The van der Waals surface area contributed by atoms with E-state index in [0.29, 0.717) is 22.4 Å². The van der Waals surface area contributed by atoms with Crippen molar-refractivity contribution in [2.45, 2.75) is 11.4 Å². The van der Waals surface area contributed by atoms with Crippen LogP contribution in [0.25, 0.3) is 0 Å². The maximum absolute atomic E-state index is 12.0. The number of sulfonamides is 1. The molecule has 104 valence electrons. The van der Waals surface area contributed by atoms with Gasteiger partial charge in [-0.25, -0.2) is 4.98 Å². The second-order valence-electron chi connectivity index (χ2n) is 4.32. The van der Waals surface area contributed by atoms with Crippen molar-refractivity contribution in [3.8, 4) is 0 Å². The number of amidine groups is 1. The van der Waals surface area contributed by atoms with Crippen molar-refractivity contribution in [2.75, 3.05) is 7.05 Å². The molecule has 0 bridgehead atoms. The maximum Gasteiger partial charge on any atom is 0.285 e. The average Bonchev–Trinajstić information content (AvgIpc) is 2.92. The third-order valence-electron chi connectivity index (χ3n) is 2.89. The molecule has 0 N–H and O–H groups in total. The molecule has 2 aromatic rings. The van der Waals surface area contributed by atoms with Gasteiger partial charge in [0, 0.05) is 23.7 Å². The normalized spacial score (nSPS) is 15.8. The van der Waals surface area contributed by atoms with Gasteiger partial charge in [-0.3, -0.25) is 0 Å². The molecule has 0 unspecified atom stereocenters. The van der Waals surface area contributed by atoms with Crippen LogP contribution in [-0.2, 0) is 16.6 Å². The lowest BCUT2D eigenvalue weighted by Gasteiger charge is -2.17. The van der Waals surface area contributed by atoms with E-state index in [2.05, 4.69) is 9.38 Å². The Morgan fingerprint density at radius 3 is 2.80 bits per heavy atom. The van der Waals surface area contributed by atoms with Crippen molar-refractivity contribution in [1.82, 2.24) is 9.88 Å². The number of benzene rings is 1.